The van der Waals surface area contributed by atoms with Gasteiger partial charge in [-0.15, -0.1) is 24.0 Å². The Morgan fingerprint density at radius 2 is 2.64 bits per heavy atom. The smallest absolute Gasteiger partial charge is 0.271 e. The molecule has 1 rings (SSSR count). The molecule has 0 saturated heterocycles. The van der Waals surface area contributed by atoms with Gasteiger partial charge in [-0.1, -0.05) is 5.11 Å². The molecule has 0 radical (unpaired) electrons. The second-order valence-electron chi connectivity index (χ2n) is 2.22. The van der Waals surface area contributed by atoms with E-state index in [0.29, 0.717) is 16.4 Å². The van der Waals surface area contributed by atoms with Gasteiger partial charge in [-0.25, -0.2) is 4.98 Å². The maximum atomic E-state index is 11.3. The van der Waals surface area contributed by atoms with Crippen molar-refractivity contribution >= 4 is 29.9 Å². The number of rotatable bonds is 4. The van der Waals surface area contributed by atoms with Gasteiger partial charge in [0.15, 0.2) is 5.69 Å². The highest BCUT2D eigenvalue weighted by molar-refractivity contribution is 7.82. The van der Waals surface area contributed by atoms with E-state index in [1.165, 1.54) is 11.3 Å². The number of thiazole rings is 1. The van der Waals surface area contributed by atoms with Gasteiger partial charge < -0.3 is 5.32 Å². The average Bonchev–Trinajstić information content (AvgIpc) is 2.59. The molecule has 0 aliphatic heterocycles. The Morgan fingerprint density at radius 3 is 3.21 bits per heavy atom. The number of nitrogens with one attached hydrogen (secondary N) is 1. The number of thiol groups is 1. The third-order valence-corrected chi connectivity index (χ3v) is 2.48. The summed E-state index contributed by atoms with van der Waals surface area (Å²) in [6, 6.07) is 0. The van der Waals surface area contributed by atoms with Crippen molar-refractivity contribution in [3.05, 3.63) is 21.6 Å². The topological polar surface area (TPSA) is 90.8 Å². The minimum absolute atomic E-state index is 0.230. The van der Waals surface area contributed by atoms with Crippen LogP contribution in [0.1, 0.15) is 10.5 Å². The summed E-state index contributed by atoms with van der Waals surface area (Å²) in [6.45, 7) is 0.530. The van der Waals surface area contributed by atoms with Crippen molar-refractivity contribution in [1.29, 1.82) is 0 Å². The molecule has 8 heteroatoms. The van der Waals surface area contributed by atoms with Crippen molar-refractivity contribution in [2.75, 3.05) is 13.1 Å². The lowest BCUT2D eigenvalue weighted by molar-refractivity contribution is 0.0948. The molecule has 0 saturated carbocycles. The molecule has 0 aromatic carbocycles. The number of hydrogen-bond donors (Lipinski definition) is 2. The third kappa shape index (κ3) is 2.91. The largest absolute Gasteiger partial charge is 0.351 e. The van der Waals surface area contributed by atoms with Crippen LogP contribution in [0.15, 0.2) is 14.8 Å². The van der Waals surface area contributed by atoms with Crippen LogP contribution >= 0.6 is 24.0 Å². The number of azide groups is 1. The van der Waals surface area contributed by atoms with Crippen LogP contribution in [0.4, 0.5) is 0 Å². The van der Waals surface area contributed by atoms with E-state index in [1.807, 2.05) is 0 Å². The maximum absolute atomic E-state index is 11.3. The summed E-state index contributed by atoms with van der Waals surface area (Å²) in [4.78, 5) is 17.7. The first-order valence-corrected chi connectivity index (χ1v) is 5.00. The summed E-state index contributed by atoms with van der Waals surface area (Å²) < 4.78 is 0.575. The summed E-state index contributed by atoms with van der Waals surface area (Å²) >= 11 is 5.35. The van der Waals surface area contributed by atoms with Gasteiger partial charge in [0.25, 0.3) is 5.91 Å². The normalized spacial score (nSPS) is 9.21. The molecule has 0 fully saturated rings. The molecule has 14 heavy (non-hydrogen) atoms. The summed E-state index contributed by atoms with van der Waals surface area (Å²) in [5.74, 6) is -0.301. The highest BCUT2D eigenvalue weighted by Crippen LogP contribution is 2.16. The van der Waals surface area contributed by atoms with Crippen LogP contribution in [0.3, 0.4) is 0 Å². The molecule has 0 aliphatic carbocycles. The lowest BCUT2D eigenvalue weighted by Gasteiger charge is -1.99. The van der Waals surface area contributed by atoms with E-state index >= 15 is 0 Å². The van der Waals surface area contributed by atoms with Crippen molar-refractivity contribution in [2.45, 2.75) is 4.21 Å². The zero-order valence-corrected chi connectivity index (χ0v) is 8.76. The van der Waals surface area contributed by atoms with E-state index in [4.69, 9.17) is 5.53 Å². The molecule has 0 aliphatic rings. The van der Waals surface area contributed by atoms with E-state index < -0.39 is 0 Å². The van der Waals surface area contributed by atoms with Crippen LogP contribution in [-0.4, -0.2) is 24.0 Å². The Kier molecular flexibility index (Phi) is 4.24. The summed E-state index contributed by atoms with van der Waals surface area (Å²) in [7, 11) is 0. The molecule has 1 amide bonds. The van der Waals surface area contributed by atoms with E-state index in [9.17, 15) is 4.79 Å². The van der Waals surface area contributed by atoms with Crippen LogP contribution < -0.4 is 5.32 Å². The van der Waals surface area contributed by atoms with Crippen molar-refractivity contribution < 1.29 is 4.79 Å². The van der Waals surface area contributed by atoms with Crippen LogP contribution in [0, 0.1) is 0 Å². The van der Waals surface area contributed by atoms with Gasteiger partial charge in [0.05, 0.1) is 9.72 Å². The van der Waals surface area contributed by atoms with Crippen molar-refractivity contribution in [3.63, 3.8) is 0 Å². The fourth-order valence-electron chi connectivity index (χ4n) is 0.744. The van der Waals surface area contributed by atoms with Gasteiger partial charge in [0.2, 0.25) is 0 Å². The summed E-state index contributed by atoms with van der Waals surface area (Å²) in [5, 5.41) is 5.83. The van der Waals surface area contributed by atoms with Crippen LogP contribution in [-0.2, 0) is 0 Å². The predicted molar refractivity (Wildman–Crippen MR) is 55.7 cm³/mol. The zero-order valence-electron chi connectivity index (χ0n) is 7.04. The number of carbonyl (C=O) groups excluding carboxylic acids is 1. The van der Waals surface area contributed by atoms with Crippen LogP contribution in [0.2, 0.25) is 0 Å². The fourth-order valence-corrected chi connectivity index (χ4v) is 1.56. The van der Waals surface area contributed by atoms with Gasteiger partial charge in [0.1, 0.15) is 0 Å². The summed E-state index contributed by atoms with van der Waals surface area (Å²) in [6.07, 6.45) is 0. The van der Waals surface area contributed by atoms with E-state index in [1.54, 1.807) is 5.51 Å². The average molecular weight is 229 g/mol. The Labute approximate surface area is 89.4 Å². The highest BCUT2D eigenvalue weighted by Gasteiger charge is 2.10. The second kappa shape index (κ2) is 5.48. The predicted octanol–water partition coefficient (Wildman–Crippen LogP) is 1.47. The standard InChI is InChI=1S/C6H7N5OS2/c7-11-10-2-1-8-5(12)4-6(13)14-3-9-4/h3,13H,1-2H2,(H,8,12). The molecule has 1 aromatic rings. The summed E-state index contributed by atoms with van der Waals surface area (Å²) in [5.41, 5.74) is 9.83. The van der Waals surface area contributed by atoms with Crippen LogP contribution in [0.5, 0.6) is 0 Å². The van der Waals surface area contributed by atoms with Crippen molar-refractivity contribution in [2.24, 2.45) is 5.11 Å². The highest BCUT2D eigenvalue weighted by atomic mass is 32.2. The molecule has 1 N–H and O–H groups in total. The Hall–Kier alpha value is -1.24. The van der Waals surface area contributed by atoms with Gasteiger partial charge >= 0.3 is 0 Å². The minimum Gasteiger partial charge on any atom is -0.351 e. The molecule has 0 bridgehead atoms. The molecule has 0 unspecified atom stereocenters. The van der Waals surface area contributed by atoms with E-state index in [-0.39, 0.29) is 12.5 Å². The first kappa shape index (κ1) is 10.8. The lowest BCUT2D eigenvalue weighted by atomic mass is 10.4. The number of hydrogen-bond acceptors (Lipinski definition) is 5. The second-order valence-corrected chi connectivity index (χ2v) is 3.82. The van der Waals surface area contributed by atoms with Crippen molar-refractivity contribution in [3.8, 4) is 0 Å². The third-order valence-electron chi connectivity index (χ3n) is 1.32. The number of amides is 1. The maximum Gasteiger partial charge on any atom is 0.271 e. The van der Waals surface area contributed by atoms with Gasteiger partial charge in [-0.05, 0) is 5.53 Å². The Bertz CT molecular complexity index is 370. The zero-order chi connectivity index (χ0) is 10.4. The van der Waals surface area contributed by atoms with Gasteiger partial charge in [-0.2, -0.15) is 0 Å². The Balaban J connectivity index is 2.43. The molecule has 1 aromatic heterocycles. The molecule has 0 spiro atoms. The molecule has 6 nitrogen and oxygen atoms in total. The molecular weight excluding hydrogens is 222 g/mol. The molecular formula is C6H7N5OS2. The first-order valence-electron chi connectivity index (χ1n) is 3.67. The molecule has 1 heterocycles. The quantitative estimate of drug-likeness (QED) is 0.269. The number of carbonyl (C=O) groups is 1. The van der Waals surface area contributed by atoms with Crippen molar-refractivity contribution in [1.82, 2.24) is 10.3 Å². The van der Waals surface area contributed by atoms with Crippen LogP contribution in [0.25, 0.3) is 10.4 Å². The number of nitrogens with zero attached hydrogens (tertiary/aromatic N) is 4. The number of aromatic nitrogens is 1. The SMILES string of the molecule is [N-]=[N+]=NCCNC(=O)c1ncsc1S. The monoisotopic (exact) mass is 229 g/mol. The molecule has 74 valence electrons. The lowest BCUT2D eigenvalue weighted by Crippen LogP contribution is -2.26. The van der Waals surface area contributed by atoms with Gasteiger partial charge in [-0.3, -0.25) is 4.79 Å². The first-order chi connectivity index (χ1) is 6.75. The Morgan fingerprint density at radius 1 is 1.86 bits per heavy atom. The minimum atomic E-state index is -0.301. The fraction of sp³-hybridized carbons (Fsp3) is 0.333. The molecule has 0 atom stereocenters. The van der Waals surface area contributed by atoms with Gasteiger partial charge in [0, 0.05) is 18.0 Å². The van der Waals surface area contributed by atoms with E-state index in [0.717, 1.165) is 0 Å². The van der Waals surface area contributed by atoms with E-state index in [2.05, 4.69) is 33.0 Å².